The molecule has 3 aliphatic heterocycles. The topological polar surface area (TPSA) is 35.9 Å². The fourth-order valence-electron chi connectivity index (χ4n) is 3.78. The third-order valence-electron chi connectivity index (χ3n) is 4.96. The second kappa shape index (κ2) is 6.29. The molecule has 0 bridgehead atoms. The van der Waals surface area contributed by atoms with Crippen LogP contribution >= 0.6 is 35.5 Å². The van der Waals surface area contributed by atoms with Crippen LogP contribution in [0.25, 0.3) is 0 Å². The van der Waals surface area contributed by atoms with Crippen LogP contribution in [0.1, 0.15) is 34.6 Å². The number of rotatable bonds is 1. The average Bonchev–Trinajstić information content (AvgIpc) is 3.19. The van der Waals surface area contributed by atoms with Crippen molar-refractivity contribution < 1.29 is 4.79 Å². The monoisotopic (exact) mass is 405 g/mol. The van der Waals surface area contributed by atoms with Crippen molar-refractivity contribution in [3.05, 3.63) is 46.3 Å². The number of nitrogens with zero attached hydrogens (tertiary/aromatic N) is 3. The Hall–Kier alpha value is -1.50. The molecule has 1 amide bonds. The molecular formula is C19H20ClN3OS2. The highest BCUT2D eigenvalue weighted by atomic mass is 35.5. The molecule has 2 aromatic rings. The maximum absolute atomic E-state index is 13.5. The van der Waals surface area contributed by atoms with E-state index in [1.165, 1.54) is 10.4 Å². The predicted octanol–water partition coefficient (Wildman–Crippen LogP) is 4.57. The number of aliphatic imine (C=N–C) groups is 1. The number of carbonyl (C=O) groups excluding carboxylic acids is 1. The van der Waals surface area contributed by atoms with Crippen molar-refractivity contribution in [2.24, 2.45) is 4.99 Å². The van der Waals surface area contributed by atoms with Gasteiger partial charge >= 0.3 is 0 Å². The SMILES string of the molecule is CC1(C)Cc2c(sc3c2C(=O)N(c2ccccc2)C2=NCCN23)CS1.Cl. The molecular weight excluding hydrogens is 386 g/mol. The molecule has 7 heteroatoms. The van der Waals surface area contributed by atoms with E-state index < -0.39 is 0 Å². The second-order valence-corrected chi connectivity index (χ2v) is 9.98. The van der Waals surface area contributed by atoms with Crippen LogP contribution in [-0.4, -0.2) is 29.7 Å². The summed E-state index contributed by atoms with van der Waals surface area (Å²) in [5, 5.41) is 1.11. The number of anilines is 2. The van der Waals surface area contributed by atoms with E-state index in [2.05, 4.69) is 23.7 Å². The van der Waals surface area contributed by atoms with Gasteiger partial charge in [-0.05, 0) is 24.1 Å². The molecule has 0 saturated carbocycles. The maximum atomic E-state index is 13.5. The highest BCUT2D eigenvalue weighted by Gasteiger charge is 2.43. The Balaban J connectivity index is 0.00000168. The summed E-state index contributed by atoms with van der Waals surface area (Å²) in [6.45, 7) is 6.15. The molecule has 0 N–H and O–H groups in total. The number of fused-ring (bicyclic) bond motifs is 5. The van der Waals surface area contributed by atoms with Crippen LogP contribution in [0.2, 0.25) is 0 Å². The fourth-order valence-corrected chi connectivity index (χ4v) is 6.26. The minimum absolute atomic E-state index is 0. The van der Waals surface area contributed by atoms with E-state index in [9.17, 15) is 4.79 Å². The zero-order valence-corrected chi connectivity index (χ0v) is 17.1. The highest BCUT2D eigenvalue weighted by molar-refractivity contribution is 8.00. The fraction of sp³-hybridized carbons (Fsp3) is 0.368. The molecule has 0 spiro atoms. The van der Waals surface area contributed by atoms with Crippen LogP contribution < -0.4 is 9.80 Å². The van der Waals surface area contributed by atoms with Gasteiger partial charge in [0.25, 0.3) is 5.91 Å². The van der Waals surface area contributed by atoms with Crippen LogP contribution in [0.15, 0.2) is 35.3 Å². The second-order valence-electron chi connectivity index (χ2n) is 7.22. The molecule has 1 aromatic carbocycles. The number of carbonyl (C=O) groups is 1. The smallest absolute Gasteiger partial charge is 0.268 e. The van der Waals surface area contributed by atoms with Crippen molar-refractivity contribution in [2.45, 2.75) is 30.8 Å². The number of thiophene rings is 1. The molecule has 0 atom stereocenters. The minimum Gasteiger partial charge on any atom is -0.301 e. The zero-order valence-electron chi connectivity index (χ0n) is 14.7. The lowest BCUT2D eigenvalue weighted by atomic mass is 9.96. The van der Waals surface area contributed by atoms with Crippen LogP contribution in [-0.2, 0) is 12.2 Å². The zero-order chi connectivity index (χ0) is 17.2. The van der Waals surface area contributed by atoms with Crippen LogP contribution in [0, 0.1) is 0 Å². The quantitative estimate of drug-likeness (QED) is 0.696. The summed E-state index contributed by atoms with van der Waals surface area (Å²) < 4.78 is 0.180. The Labute approximate surface area is 167 Å². The van der Waals surface area contributed by atoms with E-state index >= 15 is 0 Å². The third-order valence-corrected chi connectivity index (χ3v) is 7.76. The average molecular weight is 406 g/mol. The molecule has 0 saturated heterocycles. The Morgan fingerprint density at radius 1 is 1.19 bits per heavy atom. The molecule has 4 heterocycles. The van der Waals surface area contributed by atoms with E-state index in [-0.39, 0.29) is 23.1 Å². The van der Waals surface area contributed by atoms with Crippen molar-refractivity contribution in [2.75, 3.05) is 22.9 Å². The minimum atomic E-state index is 0. The van der Waals surface area contributed by atoms with Gasteiger partial charge in [-0.15, -0.1) is 35.5 Å². The van der Waals surface area contributed by atoms with E-state index in [4.69, 9.17) is 0 Å². The van der Waals surface area contributed by atoms with Crippen molar-refractivity contribution in [1.29, 1.82) is 0 Å². The number of hydrogen-bond acceptors (Lipinski definition) is 5. The van der Waals surface area contributed by atoms with Crippen molar-refractivity contribution in [1.82, 2.24) is 0 Å². The van der Waals surface area contributed by atoms with E-state index in [1.54, 1.807) is 16.2 Å². The molecule has 5 rings (SSSR count). The van der Waals surface area contributed by atoms with Crippen molar-refractivity contribution >= 4 is 58.1 Å². The first-order chi connectivity index (χ1) is 12.1. The summed E-state index contributed by atoms with van der Waals surface area (Å²) in [4.78, 5) is 23.6. The summed E-state index contributed by atoms with van der Waals surface area (Å²) in [6.07, 6.45) is 0.952. The molecule has 4 nitrogen and oxygen atoms in total. The number of thioether (sulfide) groups is 1. The van der Waals surface area contributed by atoms with E-state index in [1.807, 2.05) is 42.1 Å². The number of halogens is 1. The molecule has 1 aromatic heterocycles. The Morgan fingerprint density at radius 2 is 1.96 bits per heavy atom. The van der Waals surface area contributed by atoms with E-state index in [0.717, 1.165) is 47.5 Å². The molecule has 0 aliphatic carbocycles. The summed E-state index contributed by atoms with van der Waals surface area (Å²) in [5.74, 6) is 1.87. The van der Waals surface area contributed by atoms with Gasteiger partial charge < -0.3 is 4.90 Å². The van der Waals surface area contributed by atoms with Crippen molar-refractivity contribution in [3.63, 3.8) is 0 Å². The van der Waals surface area contributed by atoms with Gasteiger partial charge in [-0.25, -0.2) is 4.90 Å². The lowest BCUT2D eigenvalue weighted by Gasteiger charge is -2.35. The normalized spacial score (nSPS) is 20.1. The molecule has 0 unspecified atom stereocenters. The summed E-state index contributed by atoms with van der Waals surface area (Å²) in [6, 6.07) is 9.90. The molecule has 3 aliphatic rings. The number of guanidine groups is 1. The molecule has 136 valence electrons. The van der Waals surface area contributed by atoms with Gasteiger partial charge in [-0.2, -0.15) is 0 Å². The van der Waals surface area contributed by atoms with Gasteiger partial charge in [-0.3, -0.25) is 9.79 Å². The van der Waals surface area contributed by atoms with Gasteiger partial charge in [0, 0.05) is 21.9 Å². The van der Waals surface area contributed by atoms with Crippen LogP contribution in [0.4, 0.5) is 10.7 Å². The van der Waals surface area contributed by atoms with E-state index in [0.29, 0.717) is 0 Å². The van der Waals surface area contributed by atoms with Gasteiger partial charge in [-0.1, -0.05) is 32.0 Å². The van der Waals surface area contributed by atoms with Gasteiger partial charge in [0.1, 0.15) is 5.00 Å². The maximum Gasteiger partial charge on any atom is 0.268 e. The number of para-hydroxylation sites is 1. The first-order valence-corrected chi connectivity index (χ1v) is 10.4. The van der Waals surface area contributed by atoms with Gasteiger partial charge in [0.15, 0.2) is 0 Å². The summed E-state index contributed by atoms with van der Waals surface area (Å²) in [7, 11) is 0. The van der Waals surface area contributed by atoms with Gasteiger partial charge in [0.2, 0.25) is 5.96 Å². The van der Waals surface area contributed by atoms with Crippen molar-refractivity contribution in [3.8, 4) is 0 Å². The van der Waals surface area contributed by atoms with Crippen LogP contribution in [0.3, 0.4) is 0 Å². The Bertz CT molecular complexity index is 907. The Morgan fingerprint density at radius 3 is 2.73 bits per heavy atom. The first-order valence-electron chi connectivity index (χ1n) is 8.55. The molecule has 0 fully saturated rings. The molecule has 0 radical (unpaired) electrons. The van der Waals surface area contributed by atoms with Gasteiger partial charge in [0.05, 0.1) is 17.8 Å². The first kappa shape index (κ1) is 17.9. The summed E-state index contributed by atoms with van der Waals surface area (Å²) >= 11 is 3.78. The standard InChI is InChI=1S/C19H19N3OS2.ClH/c1-19(2)10-13-14(11-24-19)25-17-15(13)16(23)22(12-6-4-3-5-7-12)18-20-8-9-21(17)18;/h3-7H,8-11H2,1-2H3;1H. The molecule has 26 heavy (non-hydrogen) atoms. The Kier molecular flexibility index (Phi) is 4.33. The highest BCUT2D eigenvalue weighted by Crippen LogP contribution is 2.49. The number of benzene rings is 1. The lowest BCUT2D eigenvalue weighted by molar-refractivity contribution is 0.1000. The van der Waals surface area contributed by atoms with Crippen LogP contribution in [0.5, 0.6) is 0 Å². The number of hydrogen-bond donors (Lipinski definition) is 0. The predicted molar refractivity (Wildman–Crippen MR) is 114 cm³/mol. The third kappa shape index (κ3) is 2.58. The number of amides is 1. The largest absolute Gasteiger partial charge is 0.301 e. The lowest BCUT2D eigenvalue weighted by Crippen LogP contribution is -2.50. The summed E-state index contributed by atoms with van der Waals surface area (Å²) in [5.41, 5.74) is 3.08.